The number of H-pyrrole nitrogens is 2. The van der Waals surface area contributed by atoms with Crippen LogP contribution in [0.25, 0.3) is 22.8 Å². The first-order valence-corrected chi connectivity index (χ1v) is 23.9. The van der Waals surface area contributed by atoms with Crippen LogP contribution in [0.3, 0.4) is 0 Å². The number of carbonyl (C=O) groups is 1. The predicted molar refractivity (Wildman–Crippen MR) is 268 cm³/mol. The van der Waals surface area contributed by atoms with Crippen molar-refractivity contribution in [1.29, 1.82) is 0 Å². The van der Waals surface area contributed by atoms with Gasteiger partial charge >= 0.3 is 0 Å². The lowest BCUT2D eigenvalue weighted by Gasteiger charge is -2.56. The number of carbonyl (C=O) groups excluding carboxylic acids is 1. The van der Waals surface area contributed by atoms with E-state index in [2.05, 4.69) is 116 Å². The summed E-state index contributed by atoms with van der Waals surface area (Å²) in [5, 5.41) is 18.2. The number of benzene rings is 2. The summed E-state index contributed by atoms with van der Waals surface area (Å²) in [4.78, 5) is 45.7. The number of nitrogens with one attached hydrogen (secondary N) is 3. The van der Waals surface area contributed by atoms with Crippen molar-refractivity contribution in [2.45, 2.75) is 84.1 Å². The first-order chi connectivity index (χ1) is 33.7. The Kier molecular flexibility index (Phi) is 13.4. The van der Waals surface area contributed by atoms with Crippen molar-refractivity contribution >= 4 is 17.9 Å². The fourth-order valence-electron chi connectivity index (χ4n) is 9.78. The lowest BCUT2D eigenvalue weighted by molar-refractivity contribution is -0.00867. The van der Waals surface area contributed by atoms with E-state index >= 15 is 0 Å². The van der Waals surface area contributed by atoms with Gasteiger partial charge in [0.1, 0.15) is 17.9 Å². The number of nitrogens with zero attached hydrogens (tertiary/aromatic N) is 11. The zero-order valence-electron chi connectivity index (χ0n) is 39.6. The molecule has 2 aromatic carbocycles. The average molecular weight is 919 g/mol. The number of hydrogen-bond acceptors (Lipinski definition) is 13. The number of aromatic amines is 2. The van der Waals surface area contributed by atoms with Gasteiger partial charge in [-0.2, -0.15) is 10.2 Å². The van der Waals surface area contributed by atoms with Crippen LogP contribution in [0.1, 0.15) is 74.3 Å². The van der Waals surface area contributed by atoms with Gasteiger partial charge in [-0.05, 0) is 94.6 Å². The van der Waals surface area contributed by atoms with Crippen molar-refractivity contribution in [2.75, 3.05) is 36.0 Å². The van der Waals surface area contributed by atoms with Crippen molar-refractivity contribution in [3.05, 3.63) is 178 Å². The van der Waals surface area contributed by atoms with E-state index in [0.29, 0.717) is 37.0 Å². The van der Waals surface area contributed by atoms with Crippen molar-refractivity contribution in [1.82, 2.24) is 60.5 Å². The third kappa shape index (κ3) is 11.1. The molecule has 3 N–H and O–H groups in total. The van der Waals surface area contributed by atoms with E-state index in [0.717, 1.165) is 125 Å². The van der Waals surface area contributed by atoms with E-state index in [9.17, 15) is 4.79 Å². The fraction of sp³-hybridized carbons (Fsp3) is 0.315. The minimum absolute atomic E-state index is 0.605. The Labute approximate surface area is 402 Å². The molecule has 6 aromatic heterocycles. The lowest BCUT2D eigenvalue weighted by atomic mass is 9.86. The van der Waals surface area contributed by atoms with Crippen LogP contribution in [0.5, 0.6) is 0 Å². The summed E-state index contributed by atoms with van der Waals surface area (Å²) < 4.78 is 0. The molecule has 0 radical (unpaired) electrons. The number of anilines is 2. The van der Waals surface area contributed by atoms with E-state index in [1.165, 1.54) is 18.4 Å². The Morgan fingerprint density at radius 3 is 1.49 bits per heavy atom. The van der Waals surface area contributed by atoms with Crippen LogP contribution in [0.4, 0.5) is 11.6 Å². The molecule has 12 heterocycles. The summed E-state index contributed by atoms with van der Waals surface area (Å²) in [5.74, 6) is 3.52. The highest BCUT2D eigenvalue weighted by Gasteiger charge is 2.44. The van der Waals surface area contributed by atoms with Gasteiger partial charge in [0.05, 0.1) is 22.8 Å². The number of aldehydes is 1. The minimum atomic E-state index is 0.605. The maximum atomic E-state index is 10.0. The molecule has 6 aliphatic rings. The van der Waals surface area contributed by atoms with E-state index in [1.54, 1.807) is 12.1 Å². The van der Waals surface area contributed by atoms with Crippen molar-refractivity contribution in [3.8, 4) is 22.8 Å². The second-order valence-corrected chi connectivity index (χ2v) is 18.7. The SMILES string of the molecule is Cc1cc(Cc2cc(C)[nH]n2)nc(-c2ccc(N3CC4CC(C3)N4)nc2)n1.Cc1cc(Cc2cc(C)[nH]n2)nc(-c2ccc(N3CC4CC(C3)N4Cc3ccccc3)nc2)n1.O=Cc1ccccc1. The van der Waals surface area contributed by atoms with Gasteiger partial charge in [0, 0.05) is 122 Å². The first kappa shape index (κ1) is 45.3. The van der Waals surface area contributed by atoms with Gasteiger partial charge in [-0.25, -0.2) is 29.9 Å². The quantitative estimate of drug-likeness (QED) is 0.109. The van der Waals surface area contributed by atoms with Crippen LogP contribution in [-0.2, 0) is 19.4 Å². The average Bonchev–Trinajstić information content (AvgIpc) is 3.99. The number of pyridine rings is 2. The molecule has 0 spiro atoms. The van der Waals surface area contributed by atoms with Crippen LogP contribution < -0.4 is 15.1 Å². The monoisotopic (exact) mass is 918 g/mol. The molecule has 15 heteroatoms. The number of aromatic nitrogens is 10. The van der Waals surface area contributed by atoms with E-state index in [-0.39, 0.29) is 0 Å². The second kappa shape index (κ2) is 20.4. The number of fused-ring (bicyclic) bond motifs is 4. The molecule has 6 aliphatic heterocycles. The van der Waals surface area contributed by atoms with Gasteiger partial charge in [-0.3, -0.25) is 19.9 Å². The van der Waals surface area contributed by atoms with Gasteiger partial charge < -0.3 is 15.1 Å². The van der Waals surface area contributed by atoms with Crippen LogP contribution >= 0.6 is 0 Å². The third-order valence-electron chi connectivity index (χ3n) is 13.1. The molecular formula is C54H58N14O. The lowest BCUT2D eigenvalue weighted by Crippen LogP contribution is -2.68. The summed E-state index contributed by atoms with van der Waals surface area (Å²) in [6.45, 7) is 13.2. The zero-order valence-corrected chi connectivity index (χ0v) is 39.6. The third-order valence-corrected chi connectivity index (χ3v) is 13.1. The molecular weight excluding hydrogens is 861 g/mol. The molecule has 15 nitrogen and oxygen atoms in total. The Hall–Kier alpha value is -7.49. The van der Waals surface area contributed by atoms with Gasteiger partial charge in [0.25, 0.3) is 0 Å². The second-order valence-electron chi connectivity index (χ2n) is 18.7. The van der Waals surface area contributed by atoms with Crippen LogP contribution in [0, 0.1) is 27.7 Å². The molecule has 69 heavy (non-hydrogen) atoms. The smallest absolute Gasteiger partial charge is 0.161 e. The molecule has 0 saturated carbocycles. The molecule has 6 fully saturated rings. The number of rotatable bonds is 11. The Morgan fingerprint density at radius 1 is 0.565 bits per heavy atom. The van der Waals surface area contributed by atoms with Crippen LogP contribution in [0.2, 0.25) is 0 Å². The normalized spacial score (nSPS) is 19.0. The maximum Gasteiger partial charge on any atom is 0.161 e. The highest BCUT2D eigenvalue weighted by molar-refractivity contribution is 5.74. The molecule has 0 amide bonds. The van der Waals surface area contributed by atoms with Crippen LogP contribution in [0.15, 0.2) is 122 Å². The summed E-state index contributed by atoms with van der Waals surface area (Å²) in [5.41, 5.74) is 11.9. The summed E-state index contributed by atoms with van der Waals surface area (Å²) in [6.07, 6.45) is 8.59. The number of hydrogen-bond donors (Lipinski definition) is 3. The highest BCUT2D eigenvalue weighted by Crippen LogP contribution is 2.36. The number of piperidine rings is 2. The highest BCUT2D eigenvalue weighted by atomic mass is 16.1. The van der Waals surface area contributed by atoms with Crippen LogP contribution in [-0.4, -0.2) is 112 Å². The topological polar surface area (TPSA) is 174 Å². The first-order valence-electron chi connectivity index (χ1n) is 23.9. The standard InChI is InChI=1S/C27H29N7.C20H23N7.C7H6O/c1-18-10-22(12-23-11-19(2)31-32-23)30-27(29-18)21-8-9-26(28-14-21)33-16-24-13-25(17-33)34(24)15-20-6-4-3-5-7-20;1-12-5-15(7-16-6-13(2)25-26-16)24-20(22-12)14-3-4-19(21-9-14)27-10-17-8-18(11-27)23-17;8-6-7-4-2-1-3-5-7/h3-11,14,24-25H,12-13,15-17H2,1-2H3,(H,31,32);3-6,9,17-18,23H,7-8,10-11H2,1-2H3,(H,25,26);1-6H. The molecule has 6 saturated heterocycles. The summed E-state index contributed by atoms with van der Waals surface area (Å²) in [7, 11) is 0. The Morgan fingerprint density at radius 2 is 1.06 bits per heavy atom. The van der Waals surface area contributed by atoms with E-state index < -0.39 is 0 Å². The summed E-state index contributed by atoms with van der Waals surface area (Å²) in [6, 6.07) is 38.9. The molecule has 14 rings (SSSR count). The molecule has 350 valence electrons. The van der Waals surface area contributed by atoms with Crippen molar-refractivity contribution in [3.63, 3.8) is 0 Å². The Bertz CT molecular complexity index is 2950. The van der Waals surface area contributed by atoms with Gasteiger partial charge in [0.15, 0.2) is 11.6 Å². The van der Waals surface area contributed by atoms with Gasteiger partial charge in [0.2, 0.25) is 0 Å². The van der Waals surface area contributed by atoms with Gasteiger partial charge in [-0.15, -0.1) is 0 Å². The molecule has 4 atom stereocenters. The predicted octanol–water partition coefficient (Wildman–Crippen LogP) is 7.45. The Balaban J connectivity index is 0.000000141. The van der Waals surface area contributed by atoms with Crippen molar-refractivity contribution < 1.29 is 4.79 Å². The maximum absolute atomic E-state index is 10.0. The van der Waals surface area contributed by atoms with E-state index in [4.69, 9.17) is 15.0 Å². The molecule has 4 unspecified atom stereocenters. The number of piperazine rings is 2. The van der Waals surface area contributed by atoms with E-state index in [1.807, 2.05) is 76.5 Å². The largest absolute Gasteiger partial charge is 0.353 e. The number of aryl methyl sites for hydroxylation is 4. The minimum Gasteiger partial charge on any atom is -0.353 e. The van der Waals surface area contributed by atoms with Gasteiger partial charge in [-0.1, -0.05) is 60.7 Å². The fourth-order valence-corrected chi connectivity index (χ4v) is 9.78. The zero-order chi connectivity index (χ0) is 47.3. The molecule has 4 bridgehead atoms. The summed E-state index contributed by atoms with van der Waals surface area (Å²) >= 11 is 0. The molecule has 8 aromatic rings. The molecule has 0 aliphatic carbocycles. The van der Waals surface area contributed by atoms with Crippen molar-refractivity contribution in [2.24, 2.45) is 0 Å².